The molecule has 11 heteroatoms. The number of aromatic nitrogens is 2. The monoisotopic (exact) mass is 444 g/mol. The number of hydrogen-bond donors (Lipinski definition) is 3. The number of pyridine rings is 1. The van der Waals surface area contributed by atoms with Crippen LogP contribution in [0.4, 0.5) is 14.9 Å². The minimum absolute atomic E-state index is 0.0163. The number of anilines is 1. The van der Waals surface area contributed by atoms with E-state index in [1.54, 1.807) is 19.1 Å². The highest BCUT2D eigenvalue weighted by Gasteiger charge is 2.19. The van der Waals surface area contributed by atoms with Gasteiger partial charge in [0.2, 0.25) is 5.88 Å². The molecule has 9 nitrogen and oxygen atoms in total. The Kier molecular flexibility index (Phi) is 5.11. The fraction of sp³-hybridized carbons (Fsp3) is 0.100. The van der Waals surface area contributed by atoms with Gasteiger partial charge in [-0.3, -0.25) is 4.72 Å². The number of nitrogens with two attached hydrogens (primary N) is 1. The number of primary amides is 1. The van der Waals surface area contributed by atoms with Crippen LogP contribution in [0, 0.1) is 5.82 Å². The van der Waals surface area contributed by atoms with Crippen LogP contribution >= 0.6 is 0 Å². The molecule has 31 heavy (non-hydrogen) atoms. The molecular formula is C20H17FN4O5S. The lowest BCUT2D eigenvalue weighted by atomic mass is 10.2. The molecule has 2 aromatic carbocycles. The van der Waals surface area contributed by atoms with Crippen molar-refractivity contribution < 1.29 is 27.1 Å². The average Bonchev–Trinajstić information content (AvgIpc) is 3.08. The van der Waals surface area contributed by atoms with E-state index >= 15 is 0 Å². The Morgan fingerprint density at radius 3 is 2.58 bits per heavy atom. The molecule has 0 saturated heterocycles. The summed E-state index contributed by atoms with van der Waals surface area (Å²) in [5.41, 5.74) is 6.30. The van der Waals surface area contributed by atoms with Crippen molar-refractivity contribution >= 4 is 43.6 Å². The summed E-state index contributed by atoms with van der Waals surface area (Å²) in [6.45, 7) is 2.08. The van der Waals surface area contributed by atoms with Crippen LogP contribution in [0.1, 0.15) is 6.92 Å². The first-order valence-electron chi connectivity index (χ1n) is 9.12. The van der Waals surface area contributed by atoms with Gasteiger partial charge in [-0.2, -0.15) is 4.98 Å². The van der Waals surface area contributed by atoms with Gasteiger partial charge in [0.1, 0.15) is 11.3 Å². The summed E-state index contributed by atoms with van der Waals surface area (Å²) in [6, 6.07) is 11.0. The molecule has 4 rings (SSSR count). The van der Waals surface area contributed by atoms with Crippen LogP contribution in [0.2, 0.25) is 0 Å². The molecule has 2 aromatic heterocycles. The lowest BCUT2D eigenvalue weighted by Crippen LogP contribution is -2.17. The summed E-state index contributed by atoms with van der Waals surface area (Å²) in [5, 5.41) is 1.07. The van der Waals surface area contributed by atoms with Crippen LogP contribution in [0.15, 0.2) is 53.4 Å². The van der Waals surface area contributed by atoms with Crippen molar-refractivity contribution in [2.45, 2.75) is 11.8 Å². The fourth-order valence-electron chi connectivity index (χ4n) is 3.11. The summed E-state index contributed by atoms with van der Waals surface area (Å²) in [6.07, 6.45) is -1.05. The number of H-pyrrole nitrogens is 1. The molecule has 4 aromatic rings. The maximum Gasteiger partial charge on any atom is 0.411 e. The fourth-order valence-corrected chi connectivity index (χ4v) is 4.20. The van der Waals surface area contributed by atoms with E-state index in [1.807, 2.05) is 0 Å². The number of nitrogens with zero attached hydrogens (tertiary/aromatic N) is 1. The van der Waals surface area contributed by atoms with Crippen molar-refractivity contribution in [1.29, 1.82) is 0 Å². The Bertz CT molecular complexity index is 1400. The molecule has 0 fully saturated rings. The van der Waals surface area contributed by atoms with E-state index < -0.39 is 21.9 Å². The van der Waals surface area contributed by atoms with E-state index in [-0.39, 0.29) is 22.3 Å². The molecule has 0 aliphatic carbocycles. The number of ether oxygens (including phenoxy) is 2. The number of fused-ring (bicyclic) bond motifs is 3. The first-order chi connectivity index (χ1) is 14.8. The van der Waals surface area contributed by atoms with Crippen molar-refractivity contribution in [2.24, 2.45) is 5.73 Å². The Morgan fingerprint density at radius 2 is 1.90 bits per heavy atom. The second-order valence-electron chi connectivity index (χ2n) is 6.49. The van der Waals surface area contributed by atoms with E-state index in [0.717, 1.165) is 12.1 Å². The quantitative estimate of drug-likeness (QED) is 0.416. The molecule has 0 aliphatic heterocycles. The predicted octanol–water partition coefficient (Wildman–Crippen LogP) is 3.51. The predicted molar refractivity (Wildman–Crippen MR) is 112 cm³/mol. The van der Waals surface area contributed by atoms with Crippen LogP contribution in [0.3, 0.4) is 0 Å². The van der Waals surface area contributed by atoms with Crippen molar-refractivity contribution in [3.63, 3.8) is 0 Å². The van der Waals surface area contributed by atoms with Gasteiger partial charge >= 0.3 is 6.09 Å². The van der Waals surface area contributed by atoms with E-state index in [1.165, 1.54) is 24.3 Å². The second kappa shape index (κ2) is 7.76. The highest BCUT2D eigenvalue weighted by molar-refractivity contribution is 7.92. The molecule has 0 aliphatic rings. The topological polar surface area (TPSA) is 136 Å². The number of amides is 1. The number of halogens is 1. The standard InChI is InChI=1S/C20H17FN4O5S/c1-2-29-17-10-15-14-9-13(31(27,28)25-12-5-3-11(21)4-6-12)7-8-16(14)23-18(15)19(24-17)30-20(22)26/h3-10,23,25H,2H2,1H3,(H2,22,26). The minimum Gasteiger partial charge on any atom is -0.478 e. The van der Waals surface area contributed by atoms with Crippen LogP contribution < -0.4 is 19.9 Å². The van der Waals surface area contributed by atoms with Gasteiger partial charge in [-0.05, 0) is 49.4 Å². The number of nitrogens with one attached hydrogen (secondary N) is 2. The molecule has 0 radical (unpaired) electrons. The lowest BCUT2D eigenvalue weighted by molar-refractivity contribution is 0.209. The summed E-state index contributed by atoms with van der Waals surface area (Å²) in [5.74, 6) is -0.376. The molecule has 0 unspecified atom stereocenters. The second-order valence-corrected chi connectivity index (χ2v) is 8.17. The smallest absolute Gasteiger partial charge is 0.411 e. The van der Waals surface area contributed by atoms with Gasteiger partial charge in [0.15, 0.2) is 0 Å². The first kappa shape index (κ1) is 20.4. The Balaban J connectivity index is 1.83. The van der Waals surface area contributed by atoms with Gasteiger partial charge in [0.05, 0.1) is 11.5 Å². The maximum absolute atomic E-state index is 13.1. The first-order valence-corrected chi connectivity index (χ1v) is 10.6. The van der Waals surface area contributed by atoms with E-state index in [0.29, 0.717) is 28.4 Å². The van der Waals surface area contributed by atoms with Gasteiger partial charge in [-0.1, -0.05) is 0 Å². The Morgan fingerprint density at radius 1 is 1.16 bits per heavy atom. The van der Waals surface area contributed by atoms with Gasteiger partial charge in [0, 0.05) is 28.0 Å². The maximum atomic E-state index is 13.1. The van der Waals surface area contributed by atoms with Crippen molar-refractivity contribution in [1.82, 2.24) is 9.97 Å². The van der Waals surface area contributed by atoms with E-state index in [9.17, 15) is 17.6 Å². The molecule has 1 amide bonds. The lowest BCUT2D eigenvalue weighted by Gasteiger charge is -2.08. The van der Waals surface area contributed by atoms with Gasteiger partial charge in [-0.25, -0.2) is 17.6 Å². The summed E-state index contributed by atoms with van der Waals surface area (Å²) < 4.78 is 51.6. The minimum atomic E-state index is -3.95. The van der Waals surface area contributed by atoms with Gasteiger partial charge in [-0.15, -0.1) is 0 Å². The van der Waals surface area contributed by atoms with Crippen molar-refractivity contribution in [3.05, 3.63) is 54.3 Å². The molecule has 0 saturated carbocycles. The molecule has 0 bridgehead atoms. The van der Waals surface area contributed by atoms with Crippen molar-refractivity contribution in [2.75, 3.05) is 11.3 Å². The number of sulfonamides is 1. The zero-order valence-corrected chi connectivity index (χ0v) is 17.0. The third-order valence-corrected chi connectivity index (χ3v) is 5.78. The molecule has 0 atom stereocenters. The number of rotatable bonds is 6. The summed E-state index contributed by atoms with van der Waals surface area (Å²) in [4.78, 5) is 18.4. The van der Waals surface area contributed by atoms with Crippen LogP contribution in [0.25, 0.3) is 21.8 Å². The van der Waals surface area contributed by atoms with E-state index in [4.69, 9.17) is 15.2 Å². The van der Waals surface area contributed by atoms with Crippen LogP contribution in [-0.4, -0.2) is 31.1 Å². The molecule has 0 spiro atoms. The van der Waals surface area contributed by atoms with E-state index in [2.05, 4.69) is 14.7 Å². The summed E-state index contributed by atoms with van der Waals surface area (Å²) >= 11 is 0. The number of carbonyl (C=O) groups is 1. The zero-order valence-electron chi connectivity index (χ0n) is 16.2. The van der Waals surface area contributed by atoms with Crippen molar-refractivity contribution in [3.8, 4) is 11.8 Å². The van der Waals surface area contributed by atoms with Crippen LogP contribution in [0.5, 0.6) is 11.8 Å². The van der Waals surface area contributed by atoms with Gasteiger partial charge in [0.25, 0.3) is 15.9 Å². The highest BCUT2D eigenvalue weighted by atomic mass is 32.2. The Hall–Kier alpha value is -3.86. The number of hydrogen-bond acceptors (Lipinski definition) is 6. The third-order valence-electron chi connectivity index (χ3n) is 4.40. The normalized spacial score (nSPS) is 11.5. The number of carbonyl (C=O) groups excluding carboxylic acids is 1. The SMILES string of the molecule is CCOc1cc2c([nH]c3ccc(S(=O)(=O)Nc4ccc(F)cc4)cc32)c(OC(N)=O)n1. The highest BCUT2D eigenvalue weighted by Crippen LogP contribution is 2.34. The third kappa shape index (κ3) is 4.08. The van der Waals surface area contributed by atoms with Gasteiger partial charge < -0.3 is 20.2 Å². The molecule has 2 heterocycles. The summed E-state index contributed by atoms with van der Waals surface area (Å²) in [7, 11) is -3.95. The molecule has 160 valence electrons. The largest absolute Gasteiger partial charge is 0.478 e. The molecular weight excluding hydrogens is 427 g/mol. The van der Waals surface area contributed by atoms with Crippen LogP contribution in [-0.2, 0) is 10.0 Å². The Labute approximate surface area is 176 Å². The average molecular weight is 444 g/mol. The molecule has 4 N–H and O–H groups in total. The zero-order chi connectivity index (χ0) is 22.2. The number of aromatic amines is 1. The number of benzene rings is 2.